The number of rotatable bonds is 2. The summed E-state index contributed by atoms with van der Waals surface area (Å²) >= 11 is 3.34. The maximum atomic E-state index is 14.1. The van der Waals surface area contributed by atoms with E-state index in [1.165, 1.54) is 11.6 Å². The minimum atomic E-state index is -1.17. The molecule has 0 aliphatic heterocycles. The zero-order valence-electron chi connectivity index (χ0n) is 11.7. The summed E-state index contributed by atoms with van der Waals surface area (Å²) in [7, 11) is 1.62. The first-order chi connectivity index (χ1) is 10.0. The third kappa shape index (κ3) is 2.70. The highest BCUT2D eigenvalue weighted by Gasteiger charge is 2.36. The molecule has 1 aliphatic carbocycles. The Hall–Kier alpha value is -1.39. The van der Waals surface area contributed by atoms with Crippen LogP contribution in [0.1, 0.15) is 23.1 Å². The van der Waals surface area contributed by atoms with E-state index in [1.807, 2.05) is 18.2 Å². The average Bonchev–Trinajstić information content (AvgIpc) is 2.48. The van der Waals surface area contributed by atoms with Crippen LogP contribution in [0.15, 0.2) is 40.9 Å². The van der Waals surface area contributed by atoms with E-state index in [0.29, 0.717) is 18.4 Å². The van der Waals surface area contributed by atoms with E-state index in [4.69, 9.17) is 4.74 Å². The van der Waals surface area contributed by atoms with Crippen molar-refractivity contribution >= 4 is 15.9 Å². The molecule has 3 rings (SSSR count). The first-order valence-corrected chi connectivity index (χ1v) is 7.65. The summed E-state index contributed by atoms with van der Waals surface area (Å²) in [5.74, 6) is 0.389. The van der Waals surface area contributed by atoms with Gasteiger partial charge in [0.2, 0.25) is 0 Å². The lowest BCUT2D eigenvalue weighted by Gasteiger charge is -2.34. The summed E-state index contributed by atoms with van der Waals surface area (Å²) < 4.78 is 20.1. The zero-order chi connectivity index (χ0) is 15.0. The molecule has 2 aromatic carbocycles. The number of halogens is 2. The Bertz CT molecular complexity index is 686. The molecule has 2 aromatic rings. The first-order valence-electron chi connectivity index (χ1n) is 6.85. The van der Waals surface area contributed by atoms with E-state index in [2.05, 4.69) is 15.9 Å². The van der Waals surface area contributed by atoms with E-state index in [-0.39, 0.29) is 5.82 Å². The van der Waals surface area contributed by atoms with Gasteiger partial charge in [-0.05, 0) is 54.3 Å². The van der Waals surface area contributed by atoms with Gasteiger partial charge in [-0.25, -0.2) is 4.39 Å². The second-order valence-electron chi connectivity index (χ2n) is 5.47. The van der Waals surface area contributed by atoms with Gasteiger partial charge >= 0.3 is 0 Å². The molecule has 1 N–H and O–H groups in total. The fraction of sp³-hybridized carbons (Fsp3) is 0.294. The van der Waals surface area contributed by atoms with Crippen LogP contribution < -0.4 is 4.74 Å². The number of methoxy groups -OCH3 is 1. The Balaban J connectivity index is 2.02. The molecule has 0 fully saturated rings. The molecule has 0 spiro atoms. The summed E-state index contributed by atoms with van der Waals surface area (Å²) in [4.78, 5) is 0. The van der Waals surface area contributed by atoms with E-state index in [1.54, 1.807) is 19.2 Å². The SMILES string of the molecule is COc1ccc2c(c1)CC(O)(c1cc(Br)ccc1F)CC2. The Kier molecular flexibility index (Phi) is 3.76. The highest BCUT2D eigenvalue weighted by atomic mass is 79.9. The molecule has 2 nitrogen and oxygen atoms in total. The molecule has 0 aromatic heterocycles. The van der Waals surface area contributed by atoms with Crippen LogP contribution in [0.25, 0.3) is 0 Å². The van der Waals surface area contributed by atoms with Crippen molar-refractivity contribution in [3.8, 4) is 5.75 Å². The van der Waals surface area contributed by atoms with Gasteiger partial charge in [-0.3, -0.25) is 0 Å². The van der Waals surface area contributed by atoms with Crippen LogP contribution in [0, 0.1) is 5.82 Å². The smallest absolute Gasteiger partial charge is 0.129 e. The molecule has 1 unspecified atom stereocenters. The molecule has 0 heterocycles. The molecule has 0 amide bonds. The third-order valence-electron chi connectivity index (χ3n) is 4.13. The molecule has 110 valence electrons. The lowest BCUT2D eigenvalue weighted by atomic mass is 9.76. The van der Waals surface area contributed by atoms with Gasteiger partial charge in [-0.1, -0.05) is 22.0 Å². The Morgan fingerprint density at radius 2 is 2.00 bits per heavy atom. The summed E-state index contributed by atoms with van der Waals surface area (Å²) in [6, 6.07) is 10.6. The average molecular weight is 351 g/mol. The van der Waals surface area contributed by atoms with Crippen molar-refractivity contribution in [2.75, 3.05) is 7.11 Å². The molecule has 4 heteroatoms. The van der Waals surface area contributed by atoms with Gasteiger partial charge in [0.25, 0.3) is 0 Å². The topological polar surface area (TPSA) is 29.5 Å². The lowest BCUT2D eigenvalue weighted by molar-refractivity contribution is 0.0187. The summed E-state index contributed by atoms with van der Waals surface area (Å²) in [5, 5.41) is 11.0. The van der Waals surface area contributed by atoms with Gasteiger partial charge in [0, 0.05) is 16.5 Å². The summed E-state index contributed by atoms with van der Waals surface area (Å²) in [6.07, 6.45) is 1.63. The van der Waals surface area contributed by atoms with Crippen LogP contribution in [0.5, 0.6) is 5.75 Å². The molecular formula is C17H16BrFO2. The van der Waals surface area contributed by atoms with Gasteiger partial charge in [-0.15, -0.1) is 0 Å². The highest BCUT2D eigenvalue weighted by Crippen LogP contribution is 2.39. The normalized spacial score (nSPS) is 21.0. The van der Waals surface area contributed by atoms with Gasteiger partial charge < -0.3 is 9.84 Å². The lowest BCUT2D eigenvalue weighted by Crippen LogP contribution is -2.34. The molecule has 0 saturated carbocycles. The highest BCUT2D eigenvalue weighted by molar-refractivity contribution is 9.10. The monoisotopic (exact) mass is 350 g/mol. The number of hydrogen-bond acceptors (Lipinski definition) is 2. The van der Waals surface area contributed by atoms with Gasteiger partial charge in [0.15, 0.2) is 0 Å². The number of benzene rings is 2. The van der Waals surface area contributed by atoms with E-state index in [9.17, 15) is 9.50 Å². The quantitative estimate of drug-likeness (QED) is 0.887. The Labute approximate surface area is 131 Å². The summed E-state index contributed by atoms with van der Waals surface area (Å²) in [6.45, 7) is 0. The van der Waals surface area contributed by atoms with E-state index in [0.717, 1.165) is 22.2 Å². The van der Waals surface area contributed by atoms with Crippen LogP contribution in [0.2, 0.25) is 0 Å². The predicted molar refractivity (Wildman–Crippen MR) is 83.0 cm³/mol. The first kappa shape index (κ1) is 14.5. The number of hydrogen-bond donors (Lipinski definition) is 1. The molecule has 0 radical (unpaired) electrons. The van der Waals surface area contributed by atoms with Crippen molar-refractivity contribution < 1.29 is 14.2 Å². The van der Waals surface area contributed by atoms with Crippen molar-refractivity contribution in [2.24, 2.45) is 0 Å². The van der Waals surface area contributed by atoms with Gasteiger partial charge in [-0.2, -0.15) is 0 Å². The van der Waals surface area contributed by atoms with Crippen LogP contribution in [-0.2, 0) is 18.4 Å². The number of aliphatic hydroxyl groups is 1. The predicted octanol–water partition coefficient (Wildman–Crippen LogP) is 3.97. The molecule has 1 aliphatic rings. The minimum absolute atomic E-state index is 0.352. The molecule has 21 heavy (non-hydrogen) atoms. The number of ether oxygens (including phenoxy) is 1. The van der Waals surface area contributed by atoms with Crippen molar-refractivity contribution in [1.82, 2.24) is 0 Å². The fourth-order valence-corrected chi connectivity index (χ4v) is 3.33. The minimum Gasteiger partial charge on any atom is -0.497 e. The third-order valence-corrected chi connectivity index (χ3v) is 4.63. The second-order valence-corrected chi connectivity index (χ2v) is 6.38. The van der Waals surface area contributed by atoms with Crippen molar-refractivity contribution in [3.05, 3.63) is 63.4 Å². The molecular weight excluding hydrogens is 335 g/mol. The second kappa shape index (κ2) is 5.43. The Morgan fingerprint density at radius 1 is 1.19 bits per heavy atom. The number of fused-ring (bicyclic) bond motifs is 1. The molecule has 0 saturated heterocycles. The largest absolute Gasteiger partial charge is 0.497 e. The van der Waals surface area contributed by atoms with Crippen LogP contribution in [0.3, 0.4) is 0 Å². The fourth-order valence-electron chi connectivity index (χ4n) is 2.97. The maximum absolute atomic E-state index is 14.1. The van der Waals surface area contributed by atoms with Crippen LogP contribution >= 0.6 is 15.9 Å². The van der Waals surface area contributed by atoms with Crippen molar-refractivity contribution in [1.29, 1.82) is 0 Å². The van der Waals surface area contributed by atoms with Gasteiger partial charge in [0.1, 0.15) is 11.6 Å². The van der Waals surface area contributed by atoms with Crippen molar-refractivity contribution in [2.45, 2.75) is 24.9 Å². The zero-order valence-corrected chi connectivity index (χ0v) is 13.3. The van der Waals surface area contributed by atoms with Crippen LogP contribution in [-0.4, -0.2) is 12.2 Å². The van der Waals surface area contributed by atoms with Crippen molar-refractivity contribution in [3.63, 3.8) is 0 Å². The number of aryl methyl sites for hydroxylation is 1. The van der Waals surface area contributed by atoms with Crippen LogP contribution in [0.4, 0.5) is 4.39 Å². The summed E-state index contributed by atoms with van der Waals surface area (Å²) in [5.41, 5.74) is 1.39. The standard InChI is InChI=1S/C17H16BrFO2/c1-21-14-4-2-11-6-7-17(20,10-12(11)8-14)15-9-13(18)3-5-16(15)19/h2-5,8-9,20H,6-7,10H2,1H3. The van der Waals surface area contributed by atoms with E-state index < -0.39 is 5.60 Å². The molecule has 1 atom stereocenters. The molecule has 0 bridgehead atoms. The Morgan fingerprint density at radius 3 is 2.76 bits per heavy atom. The maximum Gasteiger partial charge on any atom is 0.129 e. The van der Waals surface area contributed by atoms with E-state index >= 15 is 0 Å². The van der Waals surface area contributed by atoms with Gasteiger partial charge in [0.05, 0.1) is 12.7 Å².